The van der Waals surface area contributed by atoms with Gasteiger partial charge in [-0.2, -0.15) is 0 Å². The number of thioether (sulfide) groups is 1. The third kappa shape index (κ3) is 2.89. The van der Waals surface area contributed by atoms with Crippen molar-refractivity contribution in [3.63, 3.8) is 0 Å². The van der Waals surface area contributed by atoms with Crippen LogP contribution in [-0.4, -0.2) is 22.5 Å². The number of hydrogen-bond acceptors (Lipinski definition) is 6. The molecular formula is C14H14N2O3S2. The molecule has 2 aromatic heterocycles. The van der Waals surface area contributed by atoms with E-state index in [4.69, 9.17) is 4.74 Å². The fraction of sp³-hybridized carbons (Fsp3) is 0.357. The summed E-state index contributed by atoms with van der Waals surface area (Å²) in [6, 6.07) is 0. The molecule has 5 nitrogen and oxygen atoms in total. The Hall–Kier alpha value is -1.60. The Kier molecular flexibility index (Phi) is 4.12. The fourth-order valence-electron chi connectivity index (χ4n) is 2.38. The average Bonchev–Trinajstić information content (AvgIpc) is 2.98. The lowest BCUT2D eigenvalue weighted by Crippen LogP contribution is -2.08. The topological polar surface area (TPSA) is 72.0 Å². The van der Waals surface area contributed by atoms with E-state index in [1.165, 1.54) is 28.3 Å². The van der Waals surface area contributed by atoms with E-state index in [1.54, 1.807) is 23.7 Å². The van der Waals surface area contributed by atoms with Gasteiger partial charge in [-0.05, 0) is 37.2 Å². The molecule has 0 bridgehead atoms. The molecule has 0 fully saturated rings. The molecule has 0 aromatic carbocycles. The molecule has 0 amide bonds. The lowest BCUT2D eigenvalue weighted by molar-refractivity contribution is -0.137. The summed E-state index contributed by atoms with van der Waals surface area (Å²) in [7, 11) is 0. The second-order valence-corrected chi connectivity index (χ2v) is 6.56. The van der Waals surface area contributed by atoms with Gasteiger partial charge in [0.25, 0.3) is 5.56 Å². The second kappa shape index (κ2) is 6.03. The summed E-state index contributed by atoms with van der Waals surface area (Å²) >= 11 is 2.81. The van der Waals surface area contributed by atoms with Crippen molar-refractivity contribution in [1.82, 2.24) is 9.97 Å². The van der Waals surface area contributed by atoms with Crippen molar-refractivity contribution < 1.29 is 9.53 Å². The SMILES string of the molecule is CCOC(=O)/C=C\Sc1nc2sc3c(c2c(=O)[nH]1)CCC3. The monoisotopic (exact) mass is 322 g/mol. The Morgan fingerprint density at radius 1 is 1.52 bits per heavy atom. The van der Waals surface area contributed by atoms with Crippen molar-refractivity contribution in [1.29, 1.82) is 0 Å². The zero-order valence-corrected chi connectivity index (χ0v) is 13.1. The van der Waals surface area contributed by atoms with Crippen LogP contribution in [0.15, 0.2) is 21.4 Å². The van der Waals surface area contributed by atoms with Crippen LogP contribution in [0.5, 0.6) is 0 Å². The van der Waals surface area contributed by atoms with Crippen LogP contribution in [0.25, 0.3) is 10.2 Å². The molecule has 0 saturated heterocycles. The minimum Gasteiger partial charge on any atom is -0.463 e. The molecule has 7 heteroatoms. The number of hydrogen-bond donors (Lipinski definition) is 1. The number of fused-ring (bicyclic) bond motifs is 3. The Balaban J connectivity index is 1.85. The van der Waals surface area contributed by atoms with Crippen molar-refractivity contribution in [3.8, 4) is 0 Å². The molecule has 0 radical (unpaired) electrons. The van der Waals surface area contributed by atoms with Crippen LogP contribution < -0.4 is 5.56 Å². The minimum absolute atomic E-state index is 0.0913. The van der Waals surface area contributed by atoms with Crippen LogP contribution in [0.1, 0.15) is 23.8 Å². The molecule has 110 valence electrons. The summed E-state index contributed by atoms with van der Waals surface area (Å²) in [5.41, 5.74) is 1.08. The lowest BCUT2D eigenvalue weighted by Gasteiger charge is -1.98. The van der Waals surface area contributed by atoms with Gasteiger partial charge in [0, 0.05) is 11.0 Å². The van der Waals surface area contributed by atoms with Gasteiger partial charge in [-0.1, -0.05) is 11.8 Å². The molecule has 1 aliphatic rings. The summed E-state index contributed by atoms with van der Waals surface area (Å²) in [5, 5.41) is 2.81. The standard InChI is InChI=1S/C14H14N2O3S2/c1-2-19-10(17)6-7-20-14-15-12(18)11-8-4-3-5-9(8)21-13(11)16-14/h6-7H,2-5H2,1H3,(H,15,16,18)/b7-6-. The van der Waals surface area contributed by atoms with Crippen LogP contribution in [0.3, 0.4) is 0 Å². The van der Waals surface area contributed by atoms with Crippen LogP contribution >= 0.6 is 23.1 Å². The van der Waals surface area contributed by atoms with E-state index >= 15 is 0 Å². The Morgan fingerprint density at radius 2 is 2.38 bits per heavy atom. The lowest BCUT2D eigenvalue weighted by atomic mass is 10.2. The summed E-state index contributed by atoms with van der Waals surface area (Å²) in [4.78, 5) is 32.7. The number of thiophene rings is 1. The number of carbonyl (C=O) groups is 1. The molecule has 2 aromatic rings. The van der Waals surface area contributed by atoms with Crippen molar-refractivity contribution >= 4 is 39.3 Å². The smallest absolute Gasteiger partial charge is 0.331 e. The molecule has 21 heavy (non-hydrogen) atoms. The highest BCUT2D eigenvalue weighted by molar-refractivity contribution is 8.02. The predicted octanol–water partition coefficient (Wildman–Crippen LogP) is 2.64. The van der Waals surface area contributed by atoms with Gasteiger partial charge in [0.05, 0.1) is 12.0 Å². The van der Waals surface area contributed by atoms with Gasteiger partial charge < -0.3 is 9.72 Å². The minimum atomic E-state index is -0.400. The van der Waals surface area contributed by atoms with Crippen molar-refractivity contribution in [2.24, 2.45) is 0 Å². The first-order valence-electron chi connectivity index (χ1n) is 6.73. The van der Waals surface area contributed by atoms with Crippen LogP contribution in [0.4, 0.5) is 0 Å². The number of esters is 1. The number of H-pyrrole nitrogens is 1. The summed E-state index contributed by atoms with van der Waals surface area (Å²) < 4.78 is 4.79. The molecule has 0 aliphatic heterocycles. The third-order valence-electron chi connectivity index (χ3n) is 3.22. The number of nitrogens with zero attached hydrogens (tertiary/aromatic N) is 1. The highest BCUT2D eigenvalue weighted by Gasteiger charge is 2.20. The molecule has 1 aliphatic carbocycles. The molecule has 0 unspecified atom stereocenters. The zero-order valence-electron chi connectivity index (χ0n) is 11.5. The first-order valence-corrected chi connectivity index (χ1v) is 8.43. The van der Waals surface area contributed by atoms with Gasteiger partial charge in [-0.3, -0.25) is 4.79 Å². The predicted molar refractivity (Wildman–Crippen MR) is 83.9 cm³/mol. The Labute approximate surface area is 129 Å². The summed E-state index contributed by atoms with van der Waals surface area (Å²) in [5.74, 6) is -0.400. The van der Waals surface area contributed by atoms with Gasteiger partial charge >= 0.3 is 5.97 Å². The number of aryl methyl sites for hydroxylation is 2. The molecule has 0 atom stereocenters. The van der Waals surface area contributed by atoms with Crippen LogP contribution in [0, 0.1) is 0 Å². The maximum Gasteiger partial charge on any atom is 0.331 e. The van der Waals surface area contributed by atoms with Crippen molar-refractivity contribution in [3.05, 3.63) is 32.3 Å². The van der Waals surface area contributed by atoms with Gasteiger partial charge in [0.15, 0.2) is 5.16 Å². The van der Waals surface area contributed by atoms with Gasteiger partial charge in [-0.15, -0.1) is 11.3 Å². The molecule has 0 spiro atoms. The molecule has 0 saturated carbocycles. The van der Waals surface area contributed by atoms with E-state index < -0.39 is 5.97 Å². The maximum absolute atomic E-state index is 12.2. The van der Waals surface area contributed by atoms with Gasteiger partial charge in [0.2, 0.25) is 0 Å². The number of aromatic nitrogens is 2. The second-order valence-electron chi connectivity index (χ2n) is 4.58. The fourth-order valence-corrected chi connectivity index (χ4v) is 4.31. The molecule has 1 N–H and O–H groups in total. The molecule has 3 rings (SSSR count). The number of ether oxygens (including phenoxy) is 1. The average molecular weight is 322 g/mol. The quantitative estimate of drug-likeness (QED) is 0.405. The number of carbonyl (C=O) groups excluding carboxylic acids is 1. The van der Waals surface area contributed by atoms with E-state index in [-0.39, 0.29) is 5.56 Å². The van der Waals surface area contributed by atoms with E-state index in [9.17, 15) is 9.59 Å². The van der Waals surface area contributed by atoms with E-state index in [0.717, 1.165) is 29.5 Å². The summed E-state index contributed by atoms with van der Waals surface area (Å²) in [6.07, 6.45) is 4.46. The first-order chi connectivity index (χ1) is 10.2. The first kappa shape index (κ1) is 14.3. The molecule has 2 heterocycles. The highest BCUT2D eigenvalue weighted by Crippen LogP contribution is 2.35. The van der Waals surface area contributed by atoms with Gasteiger partial charge in [0.1, 0.15) is 4.83 Å². The summed E-state index contributed by atoms with van der Waals surface area (Å²) in [6.45, 7) is 2.09. The third-order valence-corrected chi connectivity index (χ3v) is 5.10. The van der Waals surface area contributed by atoms with Crippen LogP contribution in [0.2, 0.25) is 0 Å². The normalized spacial score (nSPS) is 14.0. The highest BCUT2D eigenvalue weighted by atomic mass is 32.2. The number of rotatable bonds is 4. The number of nitrogens with one attached hydrogen (secondary N) is 1. The Morgan fingerprint density at radius 3 is 3.19 bits per heavy atom. The van der Waals surface area contributed by atoms with Crippen molar-refractivity contribution in [2.75, 3.05) is 6.61 Å². The zero-order chi connectivity index (χ0) is 14.8. The van der Waals surface area contributed by atoms with E-state index in [2.05, 4.69) is 9.97 Å². The number of aromatic amines is 1. The van der Waals surface area contributed by atoms with E-state index in [0.29, 0.717) is 11.8 Å². The van der Waals surface area contributed by atoms with E-state index in [1.807, 2.05) is 0 Å². The van der Waals surface area contributed by atoms with Gasteiger partial charge in [-0.25, -0.2) is 9.78 Å². The maximum atomic E-state index is 12.2. The van der Waals surface area contributed by atoms with Crippen LogP contribution in [-0.2, 0) is 22.4 Å². The largest absolute Gasteiger partial charge is 0.463 e. The molecular weight excluding hydrogens is 308 g/mol. The Bertz CT molecular complexity index is 776. The van der Waals surface area contributed by atoms with Crippen molar-refractivity contribution in [2.45, 2.75) is 31.3 Å².